The van der Waals surface area contributed by atoms with Gasteiger partial charge in [-0.25, -0.2) is 15.0 Å². The average molecular weight is 441 g/mol. The number of ether oxygens (including phenoxy) is 2. The molecule has 32 heavy (non-hydrogen) atoms. The minimum atomic E-state index is -0.205. The molecule has 172 valence electrons. The highest BCUT2D eigenvalue weighted by Crippen LogP contribution is 2.38. The topological polar surface area (TPSA) is 97.7 Å². The maximum Gasteiger partial charge on any atom is 0.224 e. The number of amides is 1. The van der Waals surface area contributed by atoms with Crippen molar-refractivity contribution in [1.29, 1.82) is 0 Å². The zero-order chi connectivity index (χ0) is 22.1. The van der Waals surface area contributed by atoms with Crippen LogP contribution >= 0.6 is 0 Å². The van der Waals surface area contributed by atoms with E-state index < -0.39 is 0 Å². The third-order valence-corrected chi connectivity index (χ3v) is 7.14. The van der Waals surface area contributed by atoms with Gasteiger partial charge in [-0.05, 0) is 37.5 Å². The molecule has 2 aliphatic heterocycles. The second kappa shape index (κ2) is 9.27. The van der Waals surface area contributed by atoms with Gasteiger partial charge in [0, 0.05) is 57.2 Å². The molecule has 8 nitrogen and oxygen atoms in total. The molecule has 1 N–H and O–H groups in total. The van der Waals surface area contributed by atoms with Gasteiger partial charge in [-0.3, -0.25) is 4.79 Å². The highest BCUT2D eigenvalue weighted by atomic mass is 16.5. The zero-order valence-electron chi connectivity index (χ0n) is 18.7. The molecular weight excluding hydrogens is 408 g/mol. The molecule has 1 saturated carbocycles. The molecule has 0 bridgehead atoms. The van der Waals surface area contributed by atoms with Crippen molar-refractivity contribution in [2.24, 2.45) is 5.92 Å². The summed E-state index contributed by atoms with van der Waals surface area (Å²) in [6, 6.07) is 0. The molecule has 2 saturated heterocycles. The Labute approximate surface area is 188 Å². The van der Waals surface area contributed by atoms with Gasteiger partial charge < -0.3 is 19.5 Å². The number of pyridine rings is 1. The number of rotatable bonds is 5. The Balaban J connectivity index is 1.46. The summed E-state index contributed by atoms with van der Waals surface area (Å²) in [6.07, 6.45) is 10.1. The lowest BCUT2D eigenvalue weighted by Gasteiger charge is -2.27. The normalized spacial score (nSPS) is 27.2. The fraction of sp³-hybridized carbons (Fsp3) is 0.667. The largest absolute Gasteiger partial charge is 0.474 e. The molecule has 2 aromatic heterocycles. The third kappa shape index (κ3) is 4.57. The van der Waals surface area contributed by atoms with E-state index in [0.29, 0.717) is 37.9 Å². The molecule has 3 fully saturated rings. The lowest BCUT2D eigenvalue weighted by atomic mass is 9.82. The van der Waals surface area contributed by atoms with E-state index in [-0.39, 0.29) is 24.0 Å². The second-order valence-corrected chi connectivity index (χ2v) is 9.55. The van der Waals surface area contributed by atoms with Gasteiger partial charge in [-0.2, -0.15) is 0 Å². The van der Waals surface area contributed by atoms with E-state index >= 15 is 0 Å². The predicted molar refractivity (Wildman–Crippen MR) is 118 cm³/mol. The molecule has 5 rings (SSSR count). The van der Waals surface area contributed by atoms with Crippen LogP contribution in [0.25, 0.3) is 10.9 Å². The van der Waals surface area contributed by atoms with Crippen LogP contribution in [0.15, 0.2) is 12.4 Å². The molecule has 1 atom stereocenters. The number of aliphatic hydroxyl groups excluding tert-OH is 1. The van der Waals surface area contributed by atoms with Gasteiger partial charge in [-0.1, -0.05) is 0 Å². The van der Waals surface area contributed by atoms with Crippen molar-refractivity contribution >= 4 is 16.8 Å². The summed E-state index contributed by atoms with van der Waals surface area (Å²) in [5.41, 5.74) is 2.03. The Morgan fingerprint density at radius 3 is 2.62 bits per heavy atom. The molecular formula is C24H32N4O4. The molecule has 0 unspecified atom stereocenters. The Bertz CT molecular complexity index is 970. The maximum atomic E-state index is 11.9. The first-order valence-electron chi connectivity index (χ1n) is 11.9. The minimum absolute atomic E-state index is 0.0924. The third-order valence-electron chi connectivity index (χ3n) is 7.14. The second-order valence-electron chi connectivity index (χ2n) is 9.55. The number of fused-ring (bicyclic) bond motifs is 1. The molecule has 3 aliphatic rings. The van der Waals surface area contributed by atoms with Crippen molar-refractivity contribution in [1.82, 2.24) is 19.9 Å². The fourth-order valence-electron chi connectivity index (χ4n) is 5.23. The summed E-state index contributed by atoms with van der Waals surface area (Å²) in [4.78, 5) is 28.1. The summed E-state index contributed by atoms with van der Waals surface area (Å²) in [7, 11) is 1.85. The Hall–Kier alpha value is -2.32. The van der Waals surface area contributed by atoms with E-state index in [4.69, 9.17) is 19.4 Å². The van der Waals surface area contributed by atoms with Crippen LogP contribution in [-0.4, -0.2) is 69.9 Å². The van der Waals surface area contributed by atoms with Crippen LogP contribution in [0.1, 0.15) is 62.3 Å². The summed E-state index contributed by atoms with van der Waals surface area (Å²) in [6.45, 7) is 2.17. The van der Waals surface area contributed by atoms with Gasteiger partial charge in [0.25, 0.3) is 0 Å². The van der Waals surface area contributed by atoms with Crippen molar-refractivity contribution in [3.63, 3.8) is 0 Å². The molecule has 0 spiro atoms. The number of carbonyl (C=O) groups excluding carboxylic acids is 1. The smallest absolute Gasteiger partial charge is 0.224 e. The predicted octanol–water partition coefficient (Wildman–Crippen LogP) is 2.62. The summed E-state index contributed by atoms with van der Waals surface area (Å²) in [5, 5.41) is 10.8. The summed E-state index contributed by atoms with van der Waals surface area (Å²) in [5.74, 6) is 2.12. The first kappa shape index (κ1) is 21.5. The van der Waals surface area contributed by atoms with Gasteiger partial charge in [0.05, 0.1) is 30.2 Å². The van der Waals surface area contributed by atoms with Gasteiger partial charge in [0.1, 0.15) is 11.9 Å². The van der Waals surface area contributed by atoms with Crippen LogP contribution in [0, 0.1) is 5.92 Å². The van der Waals surface area contributed by atoms with Crippen molar-refractivity contribution in [2.45, 2.75) is 69.5 Å². The van der Waals surface area contributed by atoms with Crippen LogP contribution in [0.4, 0.5) is 0 Å². The van der Waals surface area contributed by atoms with Gasteiger partial charge in [0.2, 0.25) is 11.8 Å². The van der Waals surface area contributed by atoms with Gasteiger partial charge in [0.15, 0.2) is 0 Å². The number of carbonyl (C=O) groups is 1. The number of likely N-dealkylation sites (tertiary alicyclic amines) is 1. The summed E-state index contributed by atoms with van der Waals surface area (Å²) < 4.78 is 11.7. The van der Waals surface area contributed by atoms with E-state index in [1.807, 2.05) is 19.4 Å². The highest BCUT2D eigenvalue weighted by Gasteiger charge is 2.29. The van der Waals surface area contributed by atoms with Crippen LogP contribution in [-0.2, 0) is 16.0 Å². The maximum absolute atomic E-state index is 11.9. The first-order chi connectivity index (χ1) is 15.6. The molecule has 0 radical (unpaired) electrons. The number of hydrogen-bond acceptors (Lipinski definition) is 7. The van der Waals surface area contributed by atoms with Crippen molar-refractivity contribution < 1.29 is 19.4 Å². The number of hydrogen-bond donors (Lipinski definition) is 1. The summed E-state index contributed by atoms with van der Waals surface area (Å²) >= 11 is 0. The minimum Gasteiger partial charge on any atom is -0.474 e. The number of aliphatic hydroxyl groups is 1. The van der Waals surface area contributed by atoms with Crippen molar-refractivity contribution in [3.05, 3.63) is 23.8 Å². The van der Waals surface area contributed by atoms with E-state index in [9.17, 15) is 9.90 Å². The van der Waals surface area contributed by atoms with Crippen LogP contribution in [0.2, 0.25) is 0 Å². The van der Waals surface area contributed by atoms with E-state index in [0.717, 1.165) is 67.4 Å². The van der Waals surface area contributed by atoms with E-state index in [1.165, 1.54) is 0 Å². The fourth-order valence-corrected chi connectivity index (χ4v) is 5.23. The first-order valence-corrected chi connectivity index (χ1v) is 11.9. The van der Waals surface area contributed by atoms with Crippen LogP contribution in [0.5, 0.6) is 5.88 Å². The average Bonchev–Trinajstić information content (AvgIpc) is 3.12. The van der Waals surface area contributed by atoms with Crippen LogP contribution < -0.4 is 4.74 Å². The Morgan fingerprint density at radius 2 is 1.91 bits per heavy atom. The van der Waals surface area contributed by atoms with E-state index in [2.05, 4.69) is 4.98 Å². The molecule has 8 heteroatoms. The Morgan fingerprint density at radius 1 is 1.12 bits per heavy atom. The standard InChI is InChI=1S/C24H32N4O4/c1-28-14-15(11-22(28)30)10-21-25-13-20-23(27-21)19(16-2-4-17(29)5-3-16)12-26-24(20)32-18-6-8-31-9-7-18/h12-13,15-18,29H,2-11,14H2,1H3/t15-,16?,17?/m0/s1. The zero-order valence-corrected chi connectivity index (χ0v) is 18.7. The van der Waals surface area contributed by atoms with Crippen molar-refractivity contribution in [2.75, 3.05) is 26.8 Å². The van der Waals surface area contributed by atoms with Crippen LogP contribution in [0.3, 0.4) is 0 Å². The molecule has 1 aliphatic carbocycles. The SMILES string of the molecule is CN1C[C@@H](Cc2ncc3c(OC4CCOCC4)ncc(C4CCC(O)CC4)c3n2)CC1=O. The quantitative estimate of drug-likeness (QED) is 0.763. The van der Waals surface area contributed by atoms with Gasteiger partial charge >= 0.3 is 0 Å². The van der Waals surface area contributed by atoms with Crippen molar-refractivity contribution in [3.8, 4) is 5.88 Å². The molecule has 1 amide bonds. The molecule has 0 aromatic carbocycles. The van der Waals surface area contributed by atoms with E-state index in [1.54, 1.807) is 4.90 Å². The number of nitrogens with zero attached hydrogens (tertiary/aromatic N) is 4. The highest BCUT2D eigenvalue weighted by molar-refractivity contribution is 5.86. The Kier molecular flexibility index (Phi) is 6.24. The molecule has 4 heterocycles. The monoisotopic (exact) mass is 440 g/mol. The molecule has 2 aromatic rings. The van der Waals surface area contributed by atoms with Gasteiger partial charge in [-0.15, -0.1) is 0 Å². The lowest BCUT2D eigenvalue weighted by Crippen LogP contribution is -2.26. The lowest BCUT2D eigenvalue weighted by molar-refractivity contribution is -0.126. The number of aromatic nitrogens is 3.